The maximum Gasteiger partial charge on any atom is 0.00721 e. The molecule has 0 saturated carbocycles. The van der Waals surface area contributed by atoms with Crippen molar-refractivity contribution in [2.24, 2.45) is 17.3 Å². The summed E-state index contributed by atoms with van der Waals surface area (Å²) in [5, 5.41) is 3.80. The van der Waals surface area contributed by atoms with Crippen LogP contribution in [0.4, 0.5) is 0 Å². The normalized spacial score (nSPS) is 13.3. The van der Waals surface area contributed by atoms with Gasteiger partial charge >= 0.3 is 0 Å². The molecule has 0 unspecified atom stereocenters. The van der Waals surface area contributed by atoms with Gasteiger partial charge in [-0.25, -0.2) is 0 Å². The fourth-order valence-corrected chi connectivity index (χ4v) is 2.73. The third-order valence-electron chi connectivity index (χ3n) is 3.13. The Hall–Kier alpha value is -0.0800. The van der Waals surface area contributed by atoms with Crippen molar-refractivity contribution < 1.29 is 0 Å². The largest absolute Gasteiger partial charge is 0.313 e. The Bertz CT molecular complexity index is 197. The molecule has 0 radical (unpaired) electrons. The molecular formula is C16H36N2. The predicted molar refractivity (Wildman–Crippen MR) is 83.0 cm³/mol. The summed E-state index contributed by atoms with van der Waals surface area (Å²) in [6.45, 7) is 16.2. The molecule has 0 atom stereocenters. The van der Waals surface area contributed by atoms with Crippen LogP contribution in [0, 0.1) is 17.3 Å². The Morgan fingerprint density at radius 1 is 0.944 bits per heavy atom. The summed E-state index contributed by atoms with van der Waals surface area (Å²) in [4.78, 5) is 2.28. The quantitative estimate of drug-likeness (QED) is 0.678. The Labute approximate surface area is 116 Å². The van der Waals surface area contributed by atoms with E-state index in [1.807, 2.05) is 0 Å². The molecule has 18 heavy (non-hydrogen) atoms. The van der Waals surface area contributed by atoms with E-state index in [4.69, 9.17) is 0 Å². The van der Waals surface area contributed by atoms with Crippen LogP contribution < -0.4 is 5.32 Å². The molecule has 0 spiro atoms. The first kappa shape index (κ1) is 17.9. The van der Waals surface area contributed by atoms with Crippen molar-refractivity contribution in [1.29, 1.82) is 0 Å². The Morgan fingerprint density at radius 2 is 1.39 bits per heavy atom. The fourth-order valence-electron chi connectivity index (χ4n) is 2.73. The maximum atomic E-state index is 3.80. The van der Waals surface area contributed by atoms with Crippen LogP contribution in [0.3, 0.4) is 0 Å². The molecular weight excluding hydrogens is 220 g/mol. The Balaban J connectivity index is 4.23. The Morgan fingerprint density at radius 3 is 1.72 bits per heavy atom. The molecule has 0 fully saturated rings. The molecule has 0 amide bonds. The maximum absolute atomic E-state index is 3.80. The molecule has 0 bridgehead atoms. The molecule has 0 aliphatic heterocycles. The van der Waals surface area contributed by atoms with Crippen LogP contribution in [0.5, 0.6) is 0 Å². The van der Waals surface area contributed by atoms with E-state index in [-0.39, 0.29) is 0 Å². The topological polar surface area (TPSA) is 15.3 Å². The van der Waals surface area contributed by atoms with Gasteiger partial charge in [0.25, 0.3) is 0 Å². The van der Waals surface area contributed by atoms with Gasteiger partial charge in [-0.2, -0.15) is 0 Å². The third-order valence-corrected chi connectivity index (χ3v) is 3.13. The summed E-state index contributed by atoms with van der Waals surface area (Å²) >= 11 is 0. The van der Waals surface area contributed by atoms with Crippen LogP contribution in [0.2, 0.25) is 0 Å². The van der Waals surface area contributed by atoms with Crippen molar-refractivity contribution in [3.05, 3.63) is 0 Å². The lowest BCUT2D eigenvalue weighted by molar-refractivity contribution is 0.215. The fraction of sp³-hybridized carbons (Fsp3) is 1.00. The van der Waals surface area contributed by atoms with Gasteiger partial charge in [-0.15, -0.1) is 0 Å². The summed E-state index contributed by atoms with van der Waals surface area (Å²) in [5.74, 6) is 1.55. The molecule has 0 rings (SSSR count). The van der Waals surface area contributed by atoms with E-state index in [1.165, 1.54) is 12.8 Å². The van der Waals surface area contributed by atoms with Gasteiger partial charge in [0.15, 0.2) is 0 Å². The summed E-state index contributed by atoms with van der Waals surface area (Å²) in [6, 6.07) is 0.673. The van der Waals surface area contributed by atoms with Crippen molar-refractivity contribution >= 4 is 0 Å². The second-order valence-electron chi connectivity index (χ2n) is 7.74. The molecule has 2 nitrogen and oxygen atoms in total. The molecule has 0 aromatic heterocycles. The van der Waals surface area contributed by atoms with E-state index in [9.17, 15) is 0 Å². The van der Waals surface area contributed by atoms with Gasteiger partial charge < -0.3 is 10.2 Å². The second-order valence-corrected chi connectivity index (χ2v) is 7.74. The number of rotatable bonds is 9. The minimum Gasteiger partial charge on any atom is -0.313 e. The molecule has 0 aromatic carbocycles. The molecule has 1 N–H and O–H groups in total. The summed E-state index contributed by atoms with van der Waals surface area (Å²) < 4.78 is 0. The zero-order valence-corrected chi connectivity index (χ0v) is 14.0. The van der Waals surface area contributed by atoms with Crippen molar-refractivity contribution in [3.8, 4) is 0 Å². The average Bonchev–Trinajstić information content (AvgIpc) is 2.10. The minimum atomic E-state index is 0.343. The van der Waals surface area contributed by atoms with E-state index in [0.717, 1.165) is 24.9 Å². The second kappa shape index (κ2) is 8.16. The predicted octanol–water partition coefficient (Wildman–Crippen LogP) is 3.62. The molecule has 0 heterocycles. The molecule has 0 saturated heterocycles. The van der Waals surface area contributed by atoms with Gasteiger partial charge in [-0.3, -0.25) is 0 Å². The number of hydrogen-bond donors (Lipinski definition) is 1. The smallest absolute Gasteiger partial charge is 0.00721 e. The highest BCUT2D eigenvalue weighted by Crippen LogP contribution is 2.18. The molecule has 110 valence electrons. The van der Waals surface area contributed by atoms with Gasteiger partial charge in [0.05, 0.1) is 0 Å². The van der Waals surface area contributed by atoms with Crippen LogP contribution in [-0.4, -0.2) is 38.1 Å². The van der Waals surface area contributed by atoms with Crippen molar-refractivity contribution in [3.63, 3.8) is 0 Å². The monoisotopic (exact) mass is 256 g/mol. The molecule has 0 aromatic rings. The standard InChI is InChI=1S/C16H36N2/c1-13(2)9-15(10-14(3)4)17-11-16(5,6)12-18(7)8/h13-15,17H,9-12H2,1-8H3. The first-order valence-corrected chi connectivity index (χ1v) is 7.50. The summed E-state index contributed by atoms with van der Waals surface area (Å²) in [5.41, 5.74) is 0.343. The number of nitrogens with one attached hydrogen (secondary N) is 1. The van der Waals surface area contributed by atoms with Crippen molar-refractivity contribution in [2.45, 2.75) is 60.4 Å². The van der Waals surface area contributed by atoms with Crippen LogP contribution in [0.25, 0.3) is 0 Å². The van der Waals surface area contributed by atoms with Gasteiger partial charge in [0, 0.05) is 19.1 Å². The SMILES string of the molecule is CC(C)CC(CC(C)C)NCC(C)(C)CN(C)C. The van der Waals surface area contributed by atoms with E-state index >= 15 is 0 Å². The van der Waals surface area contributed by atoms with Crippen LogP contribution in [0.1, 0.15) is 54.4 Å². The lowest BCUT2D eigenvalue weighted by Gasteiger charge is -2.32. The van der Waals surface area contributed by atoms with Gasteiger partial charge in [0.1, 0.15) is 0 Å². The lowest BCUT2D eigenvalue weighted by Crippen LogP contribution is -2.42. The van der Waals surface area contributed by atoms with E-state index in [1.54, 1.807) is 0 Å². The van der Waals surface area contributed by atoms with Gasteiger partial charge in [-0.1, -0.05) is 41.5 Å². The summed E-state index contributed by atoms with van der Waals surface area (Å²) in [6.07, 6.45) is 2.58. The van der Waals surface area contributed by atoms with Gasteiger partial charge in [-0.05, 0) is 44.2 Å². The highest BCUT2D eigenvalue weighted by molar-refractivity contribution is 4.78. The number of hydrogen-bond acceptors (Lipinski definition) is 2. The van der Waals surface area contributed by atoms with E-state index in [2.05, 4.69) is 65.9 Å². The molecule has 0 aliphatic rings. The minimum absolute atomic E-state index is 0.343. The van der Waals surface area contributed by atoms with Crippen LogP contribution in [-0.2, 0) is 0 Å². The number of nitrogens with zero attached hydrogens (tertiary/aromatic N) is 1. The van der Waals surface area contributed by atoms with Crippen molar-refractivity contribution in [1.82, 2.24) is 10.2 Å². The lowest BCUT2D eigenvalue weighted by atomic mass is 9.90. The zero-order valence-electron chi connectivity index (χ0n) is 14.0. The van der Waals surface area contributed by atoms with Crippen LogP contribution >= 0.6 is 0 Å². The summed E-state index contributed by atoms with van der Waals surface area (Å²) in [7, 11) is 4.31. The highest BCUT2D eigenvalue weighted by Gasteiger charge is 2.21. The third kappa shape index (κ3) is 9.90. The first-order chi connectivity index (χ1) is 8.12. The van der Waals surface area contributed by atoms with Crippen molar-refractivity contribution in [2.75, 3.05) is 27.2 Å². The molecule has 0 aliphatic carbocycles. The van der Waals surface area contributed by atoms with Crippen LogP contribution in [0.15, 0.2) is 0 Å². The van der Waals surface area contributed by atoms with E-state index in [0.29, 0.717) is 11.5 Å². The zero-order chi connectivity index (χ0) is 14.3. The van der Waals surface area contributed by atoms with Gasteiger partial charge in [0.2, 0.25) is 0 Å². The van der Waals surface area contributed by atoms with E-state index < -0.39 is 0 Å². The molecule has 2 heteroatoms. The first-order valence-electron chi connectivity index (χ1n) is 7.50. The highest BCUT2D eigenvalue weighted by atomic mass is 15.1. The Kier molecular flexibility index (Phi) is 8.13. The average molecular weight is 256 g/mol.